The van der Waals surface area contributed by atoms with Crippen molar-refractivity contribution in [1.29, 1.82) is 0 Å². The van der Waals surface area contributed by atoms with Crippen molar-refractivity contribution in [3.63, 3.8) is 0 Å². The molecule has 1 aliphatic heterocycles. The minimum absolute atomic E-state index is 0.0683. The number of nitrogens with zero attached hydrogens (tertiary/aromatic N) is 3. The van der Waals surface area contributed by atoms with Gasteiger partial charge in [0.15, 0.2) is 5.16 Å². The van der Waals surface area contributed by atoms with Crippen LogP contribution in [0.25, 0.3) is 0 Å². The van der Waals surface area contributed by atoms with Crippen molar-refractivity contribution in [2.75, 3.05) is 31.6 Å². The first-order valence-corrected chi connectivity index (χ1v) is 11.9. The Bertz CT molecular complexity index is 1090. The van der Waals surface area contributed by atoms with Crippen LogP contribution in [-0.4, -0.2) is 60.2 Å². The molecule has 13 heteroatoms. The average molecular weight is 491 g/mol. The summed E-state index contributed by atoms with van der Waals surface area (Å²) in [5, 5.41) is 1.58. The molecule has 1 atom stereocenters. The largest absolute Gasteiger partial charge is 0.433 e. The first kappa shape index (κ1) is 24.4. The highest BCUT2D eigenvalue weighted by Gasteiger charge is 2.33. The number of ether oxygens (including phenoxy) is 1. The van der Waals surface area contributed by atoms with Gasteiger partial charge in [-0.15, -0.1) is 0 Å². The predicted octanol–water partition coefficient (Wildman–Crippen LogP) is 2.94. The topological polar surface area (TPSA) is 101 Å². The van der Waals surface area contributed by atoms with Crippen LogP contribution in [0.5, 0.6) is 0 Å². The van der Waals surface area contributed by atoms with E-state index in [2.05, 4.69) is 15.3 Å². The summed E-state index contributed by atoms with van der Waals surface area (Å²) < 4.78 is 70.9. The Hall–Kier alpha value is -2.22. The number of anilines is 1. The van der Waals surface area contributed by atoms with Crippen LogP contribution in [0.4, 0.5) is 18.9 Å². The lowest BCUT2D eigenvalue weighted by Gasteiger charge is -2.27. The first-order chi connectivity index (χ1) is 15.0. The third-order valence-corrected chi connectivity index (χ3v) is 7.63. The highest BCUT2D eigenvalue weighted by Crippen LogP contribution is 2.30. The summed E-state index contributed by atoms with van der Waals surface area (Å²) >= 11 is 0.762. The molecule has 2 aromatic rings. The van der Waals surface area contributed by atoms with Crippen molar-refractivity contribution in [3.05, 3.63) is 41.7 Å². The molecule has 1 unspecified atom stereocenters. The van der Waals surface area contributed by atoms with Gasteiger partial charge in [0.2, 0.25) is 15.9 Å². The minimum Gasteiger partial charge on any atom is -0.379 e. The number of hydrogen-bond donors (Lipinski definition) is 1. The number of aromatic nitrogens is 2. The zero-order valence-electron chi connectivity index (χ0n) is 17.2. The van der Waals surface area contributed by atoms with Crippen LogP contribution in [-0.2, 0) is 25.7 Å². The second-order valence-corrected chi connectivity index (χ2v) is 10.2. The van der Waals surface area contributed by atoms with Crippen LogP contribution in [0.3, 0.4) is 0 Å². The summed E-state index contributed by atoms with van der Waals surface area (Å²) in [5.74, 6) is -0.533. The summed E-state index contributed by atoms with van der Waals surface area (Å²) in [7, 11) is -3.77. The maximum atomic E-state index is 13.0. The number of aryl methyl sites for hydroxylation is 1. The summed E-state index contributed by atoms with van der Waals surface area (Å²) in [4.78, 5) is 19.8. The molecular formula is C19H21F3N4O4S2. The molecule has 1 saturated heterocycles. The number of benzene rings is 1. The van der Waals surface area contributed by atoms with Gasteiger partial charge in [-0.05, 0) is 37.6 Å². The molecule has 1 aromatic heterocycles. The number of carbonyl (C=O) groups excluding carboxylic acids is 1. The fourth-order valence-corrected chi connectivity index (χ4v) is 5.31. The lowest BCUT2D eigenvalue weighted by molar-refractivity contribution is -0.141. The Morgan fingerprint density at radius 3 is 2.59 bits per heavy atom. The number of nitrogens with one attached hydrogen (secondary N) is 1. The van der Waals surface area contributed by atoms with Crippen molar-refractivity contribution in [2.24, 2.45) is 0 Å². The SMILES string of the molecule is Cc1ccc(NC(=O)C(C)Sc2nccc(C(F)(F)F)n2)cc1S(=O)(=O)N1CCOCC1. The van der Waals surface area contributed by atoms with Crippen LogP contribution in [0.1, 0.15) is 18.2 Å². The van der Waals surface area contributed by atoms with Gasteiger partial charge in [0.1, 0.15) is 5.69 Å². The number of alkyl halides is 3. The summed E-state index contributed by atoms with van der Waals surface area (Å²) in [5.41, 5.74) is -0.321. The Kier molecular flexibility index (Phi) is 7.43. The quantitative estimate of drug-likeness (QED) is 0.491. The van der Waals surface area contributed by atoms with Crippen LogP contribution < -0.4 is 5.32 Å². The highest BCUT2D eigenvalue weighted by molar-refractivity contribution is 8.00. The van der Waals surface area contributed by atoms with Crippen molar-refractivity contribution in [1.82, 2.24) is 14.3 Å². The monoisotopic (exact) mass is 490 g/mol. The van der Waals surface area contributed by atoms with E-state index in [1.54, 1.807) is 19.1 Å². The van der Waals surface area contributed by atoms with E-state index in [0.717, 1.165) is 24.0 Å². The lowest BCUT2D eigenvalue weighted by Crippen LogP contribution is -2.40. The van der Waals surface area contributed by atoms with Crippen LogP contribution in [0, 0.1) is 6.92 Å². The Balaban J connectivity index is 1.73. The van der Waals surface area contributed by atoms with Gasteiger partial charge in [0.25, 0.3) is 0 Å². The fourth-order valence-electron chi connectivity index (χ4n) is 2.89. The third kappa shape index (κ3) is 5.77. The molecule has 174 valence electrons. The number of morpholine rings is 1. The van der Waals surface area contributed by atoms with Gasteiger partial charge in [-0.1, -0.05) is 17.8 Å². The Labute approximate surface area is 187 Å². The molecule has 0 aliphatic carbocycles. The summed E-state index contributed by atoms with van der Waals surface area (Å²) in [6.45, 7) is 4.24. The average Bonchev–Trinajstić information content (AvgIpc) is 2.75. The lowest BCUT2D eigenvalue weighted by atomic mass is 10.2. The molecule has 3 rings (SSSR count). The van der Waals surface area contributed by atoms with Crippen LogP contribution >= 0.6 is 11.8 Å². The van der Waals surface area contributed by atoms with E-state index in [-0.39, 0.29) is 28.8 Å². The van der Waals surface area contributed by atoms with Crippen molar-refractivity contribution in [2.45, 2.75) is 35.3 Å². The molecule has 2 heterocycles. The third-order valence-electron chi connectivity index (χ3n) is 4.62. The van der Waals surface area contributed by atoms with E-state index >= 15 is 0 Å². The van der Waals surface area contributed by atoms with E-state index in [9.17, 15) is 26.4 Å². The van der Waals surface area contributed by atoms with Crippen molar-refractivity contribution in [3.8, 4) is 0 Å². The van der Waals surface area contributed by atoms with Gasteiger partial charge in [-0.3, -0.25) is 4.79 Å². The van der Waals surface area contributed by atoms with Crippen LogP contribution in [0.15, 0.2) is 40.5 Å². The Morgan fingerprint density at radius 1 is 1.25 bits per heavy atom. The zero-order valence-corrected chi connectivity index (χ0v) is 18.9. The summed E-state index contributed by atoms with van der Waals surface area (Å²) in [6, 6.07) is 5.26. The minimum atomic E-state index is -4.62. The number of carbonyl (C=O) groups is 1. The molecule has 8 nitrogen and oxygen atoms in total. The number of hydrogen-bond acceptors (Lipinski definition) is 7. The normalized spacial score (nSPS) is 16.5. The number of rotatable bonds is 6. The number of thioether (sulfide) groups is 1. The number of sulfonamides is 1. The first-order valence-electron chi connectivity index (χ1n) is 9.55. The van der Waals surface area contributed by atoms with Gasteiger partial charge in [-0.25, -0.2) is 18.4 Å². The number of amides is 1. The second kappa shape index (κ2) is 9.73. The molecule has 1 fully saturated rings. The van der Waals surface area contributed by atoms with Gasteiger partial charge >= 0.3 is 6.18 Å². The zero-order chi connectivity index (χ0) is 23.5. The van der Waals surface area contributed by atoms with Crippen LogP contribution in [0.2, 0.25) is 0 Å². The van der Waals surface area contributed by atoms with E-state index in [1.165, 1.54) is 17.3 Å². The molecule has 0 spiro atoms. The fraction of sp³-hybridized carbons (Fsp3) is 0.421. The molecular weight excluding hydrogens is 469 g/mol. The van der Waals surface area contributed by atoms with E-state index in [4.69, 9.17) is 4.74 Å². The molecule has 1 aliphatic rings. The molecule has 1 aromatic carbocycles. The van der Waals surface area contributed by atoms with E-state index in [0.29, 0.717) is 18.8 Å². The van der Waals surface area contributed by atoms with Crippen molar-refractivity contribution >= 4 is 33.4 Å². The molecule has 1 N–H and O–H groups in total. The standard InChI is InChI=1S/C19H21F3N4O4S2/c1-12-3-4-14(11-15(12)32(28,29)26-7-9-30-10-8-26)24-17(27)13(2)31-18-23-6-5-16(25-18)19(20,21)22/h3-6,11,13H,7-10H2,1-2H3,(H,24,27). The highest BCUT2D eigenvalue weighted by atomic mass is 32.2. The predicted molar refractivity (Wildman–Crippen MR) is 112 cm³/mol. The van der Waals surface area contributed by atoms with E-state index in [1.807, 2.05) is 0 Å². The van der Waals surface area contributed by atoms with Gasteiger partial charge in [-0.2, -0.15) is 17.5 Å². The Morgan fingerprint density at radius 2 is 1.94 bits per heavy atom. The smallest absolute Gasteiger partial charge is 0.379 e. The molecule has 1 amide bonds. The maximum Gasteiger partial charge on any atom is 0.433 e. The summed E-state index contributed by atoms with van der Waals surface area (Å²) in [6.07, 6.45) is -3.64. The molecule has 32 heavy (non-hydrogen) atoms. The second-order valence-electron chi connectivity index (χ2n) is 6.97. The van der Waals surface area contributed by atoms with Crippen molar-refractivity contribution < 1.29 is 31.1 Å². The maximum absolute atomic E-state index is 13.0. The van der Waals surface area contributed by atoms with Gasteiger partial charge < -0.3 is 10.1 Å². The van der Waals surface area contributed by atoms with Gasteiger partial charge in [0.05, 0.1) is 23.4 Å². The van der Waals surface area contributed by atoms with E-state index < -0.39 is 33.1 Å². The number of halogens is 3. The molecule has 0 bridgehead atoms. The molecule has 0 saturated carbocycles. The molecule has 0 radical (unpaired) electrons. The van der Waals surface area contributed by atoms with Gasteiger partial charge in [0, 0.05) is 25.0 Å².